The first kappa shape index (κ1) is 14.1. The largest absolute Gasteiger partial charge is 0.456 e. The van der Waals surface area contributed by atoms with E-state index in [-0.39, 0.29) is 5.97 Å². The Morgan fingerprint density at radius 1 is 1.37 bits per heavy atom. The van der Waals surface area contributed by atoms with Crippen molar-refractivity contribution in [3.63, 3.8) is 0 Å². The van der Waals surface area contributed by atoms with Gasteiger partial charge in [0.1, 0.15) is 5.60 Å². The van der Waals surface area contributed by atoms with Crippen LogP contribution in [0.15, 0.2) is 24.3 Å². The lowest BCUT2D eigenvalue weighted by Crippen LogP contribution is -2.24. The zero-order chi connectivity index (χ0) is 14.0. The molecule has 0 spiro atoms. The van der Waals surface area contributed by atoms with E-state index >= 15 is 0 Å². The molecule has 1 heterocycles. The van der Waals surface area contributed by atoms with Gasteiger partial charge in [0.15, 0.2) is 0 Å². The van der Waals surface area contributed by atoms with Crippen molar-refractivity contribution >= 4 is 5.97 Å². The monoisotopic (exact) mass is 261 g/mol. The molecule has 104 valence electrons. The van der Waals surface area contributed by atoms with Crippen molar-refractivity contribution in [2.75, 3.05) is 6.54 Å². The van der Waals surface area contributed by atoms with Crippen molar-refractivity contribution in [3.8, 4) is 0 Å². The standard InChI is InChI=1S/C16H23NO2/c1-11-8-14(10-17-11)12-6-5-7-13(9-12)15(18)19-16(2,3)4/h5-7,9,11,14,17H,8,10H2,1-4H3/t11-,14-/m0/s1. The van der Waals surface area contributed by atoms with Gasteiger partial charge in [-0.3, -0.25) is 0 Å². The second-order valence-corrected chi connectivity index (χ2v) is 6.37. The third-order valence-electron chi connectivity index (χ3n) is 3.34. The van der Waals surface area contributed by atoms with Crippen molar-refractivity contribution in [1.29, 1.82) is 0 Å². The number of rotatable bonds is 2. The third-order valence-corrected chi connectivity index (χ3v) is 3.34. The fourth-order valence-corrected chi connectivity index (χ4v) is 2.45. The first-order valence-electron chi connectivity index (χ1n) is 6.92. The van der Waals surface area contributed by atoms with Crippen LogP contribution in [0.3, 0.4) is 0 Å². The Balaban J connectivity index is 2.13. The summed E-state index contributed by atoms with van der Waals surface area (Å²) in [6.45, 7) is 8.84. The Kier molecular flexibility index (Phi) is 3.95. The first-order chi connectivity index (χ1) is 8.85. The molecule has 2 atom stereocenters. The van der Waals surface area contributed by atoms with Gasteiger partial charge in [-0.25, -0.2) is 4.79 Å². The molecule has 0 bridgehead atoms. The molecule has 0 unspecified atom stereocenters. The van der Waals surface area contributed by atoms with Crippen LogP contribution >= 0.6 is 0 Å². The van der Waals surface area contributed by atoms with Crippen molar-refractivity contribution in [2.24, 2.45) is 0 Å². The number of carbonyl (C=O) groups excluding carboxylic acids is 1. The number of esters is 1. The summed E-state index contributed by atoms with van der Waals surface area (Å²) in [5.41, 5.74) is 1.42. The van der Waals surface area contributed by atoms with Crippen LogP contribution in [0.4, 0.5) is 0 Å². The summed E-state index contributed by atoms with van der Waals surface area (Å²) in [7, 11) is 0. The second-order valence-electron chi connectivity index (χ2n) is 6.37. The number of ether oxygens (including phenoxy) is 1. The molecule has 0 aliphatic carbocycles. The first-order valence-corrected chi connectivity index (χ1v) is 6.92. The van der Waals surface area contributed by atoms with E-state index in [4.69, 9.17) is 4.74 Å². The third kappa shape index (κ3) is 3.80. The van der Waals surface area contributed by atoms with Crippen LogP contribution in [-0.4, -0.2) is 24.2 Å². The van der Waals surface area contributed by atoms with E-state index in [0.717, 1.165) is 13.0 Å². The van der Waals surface area contributed by atoms with Gasteiger partial charge in [0.05, 0.1) is 5.56 Å². The molecule has 1 aliphatic rings. The van der Waals surface area contributed by atoms with Crippen LogP contribution in [0, 0.1) is 0 Å². The second kappa shape index (κ2) is 5.33. The summed E-state index contributed by atoms with van der Waals surface area (Å²) in [4.78, 5) is 12.1. The van der Waals surface area contributed by atoms with Crippen LogP contribution in [0.1, 0.15) is 56.0 Å². The van der Waals surface area contributed by atoms with Crippen LogP contribution in [0.5, 0.6) is 0 Å². The predicted molar refractivity (Wildman–Crippen MR) is 76.4 cm³/mol. The average Bonchev–Trinajstić information content (AvgIpc) is 2.74. The minimum atomic E-state index is -0.448. The smallest absolute Gasteiger partial charge is 0.338 e. The molecule has 1 N–H and O–H groups in total. The minimum absolute atomic E-state index is 0.242. The lowest BCUT2D eigenvalue weighted by atomic mass is 9.95. The molecule has 2 rings (SSSR count). The van der Waals surface area contributed by atoms with Crippen LogP contribution in [0.2, 0.25) is 0 Å². The average molecular weight is 261 g/mol. The van der Waals surface area contributed by atoms with E-state index in [1.807, 2.05) is 39.0 Å². The van der Waals surface area contributed by atoms with Crippen molar-refractivity contribution in [2.45, 2.75) is 51.7 Å². The van der Waals surface area contributed by atoms with Gasteiger partial charge in [-0.15, -0.1) is 0 Å². The maximum atomic E-state index is 12.1. The Hall–Kier alpha value is -1.35. The molecule has 1 aromatic rings. The van der Waals surface area contributed by atoms with Crippen LogP contribution in [-0.2, 0) is 4.74 Å². The van der Waals surface area contributed by atoms with Gasteiger partial charge in [-0.2, -0.15) is 0 Å². The fraction of sp³-hybridized carbons (Fsp3) is 0.562. The molecule has 0 saturated carbocycles. The summed E-state index contributed by atoms with van der Waals surface area (Å²) in [6.07, 6.45) is 1.12. The van der Waals surface area contributed by atoms with E-state index < -0.39 is 5.60 Å². The molecule has 1 aromatic carbocycles. The topological polar surface area (TPSA) is 38.3 Å². The highest BCUT2D eigenvalue weighted by molar-refractivity contribution is 5.89. The highest BCUT2D eigenvalue weighted by Crippen LogP contribution is 2.26. The minimum Gasteiger partial charge on any atom is -0.456 e. The fourth-order valence-electron chi connectivity index (χ4n) is 2.45. The van der Waals surface area contributed by atoms with Crippen LogP contribution in [0.25, 0.3) is 0 Å². The van der Waals surface area contributed by atoms with Gasteiger partial charge in [0.25, 0.3) is 0 Å². The Bertz CT molecular complexity index is 462. The van der Waals surface area contributed by atoms with Gasteiger partial charge in [0.2, 0.25) is 0 Å². The van der Waals surface area contributed by atoms with E-state index in [1.54, 1.807) is 0 Å². The number of benzene rings is 1. The van der Waals surface area contributed by atoms with Crippen molar-refractivity contribution in [1.82, 2.24) is 5.32 Å². The molecular formula is C16H23NO2. The summed E-state index contributed by atoms with van der Waals surface area (Å²) in [6, 6.07) is 8.38. The lowest BCUT2D eigenvalue weighted by Gasteiger charge is -2.20. The van der Waals surface area contributed by atoms with Crippen LogP contribution < -0.4 is 5.32 Å². The Morgan fingerprint density at radius 2 is 2.11 bits per heavy atom. The predicted octanol–water partition coefficient (Wildman–Crippen LogP) is 3.11. The molecule has 19 heavy (non-hydrogen) atoms. The highest BCUT2D eigenvalue weighted by Gasteiger charge is 2.23. The molecular weight excluding hydrogens is 238 g/mol. The number of nitrogens with one attached hydrogen (secondary N) is 1. The van der Waals surface area contributed by atoms with E-state index in [0.29, 0.717) is 17.5 Å². The zero-order valence-corrected chi connectivity index (χ0v) is 12.2. The van der Waals surface area contributed by atoms with Gasteiger partial charge in [0, 0.05) is 12.6 Å². The number of hydrogen-bond donors (Lipinski definition) is 1. The molecule has 0 amide bonds. The SMILES string of the molecule is C[C@H]1C[C@H](c2cccc(C(=O)OC(C)(C)C)c2)CN1. The molecule has 3 nitrogen and oxygen atoms in total. The maximum Gasteiger partial charge on any atom is 0.338 e. The maximum absolute atomic E-state index is 12.1. The molecule has 0 radical (unpaired) electrons. The van der Waals surface area contributed by atoms with E-state index in [2.05, 4.69) is 18.3 Å². The molecule has 1 aliphatic heterocycles. The van der Waals surface area contributed by atoms with E-state index in [9.17, 15) is 4.79 Å². The van der Waals surface area contributed by atoms with Gasteiger partial charge < -0.3 is 10.1 Å². The highest BCUT2D eigenvalue weighted by atomic mass is 16.6. The number of hydrogen-bond acceptors (Lipinski definition) is 3. The molecule has 1 fully saturated rings. The summed E-state index contributed by atoms with van der Waals surface area (Å²) >= 11 is 0. The lowest BCUT2D eigenvalue weighted by molar-refractivity contribution is 0.00694. The van der Waals surface area contributed by atoms with Crippen molar-refractivity contribution < 1.29 is 9.53 Å². The summed E-state index contributed by atoms with van der Waals surface area (Å²) < 4.78 is 5.41. The molecule has 0 aromatic heterocycles. The molecule has 1 saturated heterocycles. The zero-order valence-electron chi connectivity index (χ0n) is 12.2. The quantitative estimate of drug-likeness (QED) is 0.831. The van der Waals surface area contributed by atoms with Crippen molar-refractivity contribution in [3.05, 3.63) is 35.4 Å². The van der Waals surface area contributed by atoms with E-state index in [1.165, 1.54) is 5.56 Å². The van der Waals surface area contributed by atoms with Gasteiger partial charge in [-0.05, 0) is 57.7 Å². The van der Waals surface area contributed by atoms with Gasteiger partial charge >= 0.3 is 5.97 Å². The summed E-state index contributed by atoms with van der Waals surface area (Å²) in [5, 5.41) is 3.44. The van der Waals surface area contributed by atoms with Gasteiger partial charge in [-0.1, -0.05) is 12.1 Å². The molecule has 3 heteroatoms. The normalized spacial score (nSPS) is 23.4. The Labute approximate surface area is 115 Å². The number of carbonyl (C=O) groups is 1. The summed E-state index contributed by atoms with van der Waals surface area (Å²) in [5.74, 6) is 0.255. The Morgan fingerprint density at radius 3 is 2.68 bits per heavy atom.